The van der Waals surface area contributed by atoms with E-state index in [4.69, 9.17) is 12.6 Å². The lowest BCUT2D eigenvalue weighted by molar-refractivity contribution is 0.0240. The third-order valence-electron chi connectivity index (χ3n) is 3.07. The number of amides is 1. The molecule has 106 valence electrons. The van der Waals surface area contributed by atoms with Crippen molar-refractivity contribution in [1.82, 2.24) is 9.88 Å². The molecule has 0 unspecified atom stereocenters. The fourth-order valence-electron chi connectivity index (χ4n) is 2.06. The molecule has 20 heavy (non-hydrogen) atoms. The highest BCUT2D eigenvalue weighted by molar-refractivity contribution is 6.30. The van der Waals surface area contributed by atoms with Crippen LogP contribution in [0.4, 0.5) is 10.5 Å². The van der Waals surface area contributed by atoms with Gasteiger partial charge in [0.2, 0.25) is 0 Å². The van der Waals surface area contributed by atoms with Crippen molar-refractivity contribution >= 4 is 25.2 Å². The molecule has 0 atom stereocenters. The molecule has 0 N–H and O–H groups in total. The Kier molecular flexibility index (Phi) is 4.21. The summed E-state index contributed by atoms with van der Waals surface area (Å²) >= 11 is 0. The van der Waals surface area contributed by atoms with Gasteiger partial charge in [0.15, 0.2) is 0 Å². The number of carbonyl (C=O) groups is 1. The molecule has 2 heterocycles. The van der Waals surface area contributed by atoms with Crippen molar-refractivity contribution in [3.63, 3.8) is 0 Å². The minimum Gasteiger partial charge on any atom is -0.444 e. The smallest absolute Gasteiger partial charge is 0.410 e. The quantitative estimate of drug-likeness (QED) is 0.714. The Hall–Kier alpha value is -1.72. The summed E-state index contributed by atoms with van der Waals surface area (Å²) in [6.45, 7) is 8.47. The summed E-state index contributed by atoms with van der Waals surface area (Å²) in [6.07, 6.45) is 1.52. The van der Waals surface area contributed by atoms with Crippen molar-refractivity contribution in [2.75, 3.05) is 31.1 Å². The summed E-state index contributed by atoms with van der Waals surface area (Å²) in [4.78, 5) is 20.0. The van der Waals surface area contributed by atoms with Crippen LogP contribution in [-0.2, 0) is 4.74 Å². The second-order valence-electron chi connectivity index (χ2n) is 5.90. The Labute approximate surface area is 121 Å². The van der Waals surface area contributed by atoms with Crippen LogP contribution in [0.3, 0.4) is 0 Å². The summed E-state index contributed by atoms with van der Waals surface area (Å²) < 4.78 is 5.37. The van der Waals surface area contributed by atoms with Gasteiger partial charge in [0, 0.05) is 32.4 Å². The number of ether oxygens (including phenoxy) is 1. The molecule has 0 spiro atoms. The van der Waals surface area contributed by atoms with Crippen LogP contribution in [0.1, 0.15) is 20.8 Å². The first-order valence-electron chi connectivity index (χ1n) is 6.79. The molecule has 1 aliphatic heterocycles. The number of nitrogens with zero attached hydrogens (tertiary/aromatic N) is 3. The van der Waals surface area contributed by atoms with E-state index in [-0.39, 0.29) is 6.09 Å². The number of piperazine rings is 1. The van der Waals surface area contributed by atoms with E-state index in [2.05, 4.69) is 9.88 Å². The number of hydrogen-bond acceptors (Lipinski definition) is 4. The standard InChI is InChI=1S/C14H20BN3O2/c1-14(2,3)20-13(19)18-8-6-17(7-9-18)11-4-5-12(15)16-10-11/h4-5,10H,6-9H2,1-3H3. The van der Waals surface area contributed by atoms with Crippen molar-refractivity contribution in [2.45, 2.75) is 26.4 Å². The Morgan fingerprint density at radius 1 is 1.25 bits per heavy atom. The Balaban J connectivity index is 1.89. The predicted molar refractivity (Wildman–Crippen MR) is 79.6 cm³/mol. The van der Waals surface area contributed by atoms with E-state index >= 15 is 0 Å². The van der Waals surface area contributed by atoms with E-state index in [1.807, 2.05) is 26.8 Å². The van der Waals surface area contributed by atoms with E-state index in [9.17, 15) is 4.79 Å². The van der Waals surface area contributed by atoms with Gasteiger partial charge in [0.1, 0.15) is 13.4 Å². The van der Waals surface area contributed by atoms with E-state index < -0.39 is 5.60 Å². The van der Waals surface area contributed by atoms with Gasteiger partial charge in [0.05, 0.1) is 5.69 Å². The van der Waals surface area contributed by atoms with Gasteiger partial charge >= 0.3 is 6.09 Å². The number of aromatic nitrogens is 1. The van der Waals surface area contributed by atoms with Crippen molar-refractivity contribution in [3.8, 4) is 0 Å². The van der Waals surface area contributed by atoms with Crippen LogP contribution in [0.15, 0.2) is 18.3 Å². The number of rotatable bonds is 1. The van der Waals surface area contributed by atoms with E-state index in [0.29, 0.717) is 18.7 Å². The summed E-state index contributed by atoms with van der Waals surface area (Å²) in [6, 6.07) is 3.74. The second-order valence-corrected chi connectivity index (χ2v) is 5.90. The van der Waals surface area contributed by atoms with Gasteiger partial charge < -0.3 is 14.5 Å². The molecule has 0 bridgehead atoms. The van der Waals surface area contributed by atoms with Crippen LogP contribution in [0.25, 0.3) is 0 Å². The number of pyridine rings is 1. The minimum absolute atomic E-state index is 0.243. The van der Waals surface area contributed by atoms with Crippen molar-refractivity contribution in [1.29, 1.82) is 0 Å². The molecule has 2 radical (unpaired) electrons. The first-order valence-corrected chi connectivity index (χ1v) is 6.79. The molecule has 1 fully saturated rings. The molecule has 0 saturated carbocycles. The third kappa shape index (κ3) is 3.89. The van der Waals surface area contributed by atoms with Crippen LogP contribution in [-0.4, -0.2) is 55.6 Å². The van der Waals surface area contributed by atoms with Crippen LogP contribution in [0.2, 0.25) is 0 Å². The lowest BCUT2D eigenvalue weighted by Crippen LogP contribution is -2.50. The topological polar surface area (TPSA) is 45.7 Å². The first-order chi connectivity index (χ1) is 9.35. The normalized spacial score (nSPS) is 16.1. The molecule has 1 aliphatic rings. The summed E-state index contributed by atoms with van der Waals surface area (Å²) in [5.41, 5.74) is 1.10. The fraction of sp³-hybridized carbons (Fsp3) is 0.571. The maximum atomic E-state index is 12.0. The maximum Gasteiger partial charge on any atom is 0.410 e. The zero-order valence-corrected chi connectivity index (χ0v) is 12.3. The Morgan fingerprint density at radius 2 is 1.90 bits per heavy atom. The highest BCUT2D eigenvalue weighted by Crippen LogP contribution is 2.16. The van der Waals surface area contributed by atoms with Crippen molar-refractivity contribution < 1.29 is 9.53 Å². The molecule has 0 aliphatic carbocycles. The molecule has 1 amide bonds. The third-order valence-corrected chi connectivity index (χ3v) is 3.07. The average molecular weight is 273 g/mol. The van der Waals surface area contributed by atoms with E-state index in [1.165, 1.54) is 0 Å². The first kappa shape index (κ1) is 14.7. The molecule has 1 saturated heterocycles. The summed E-state index contributed by atoms with van der Waals surface area (Å²) in [7, 11) is 5.58. The summed E-state index contributed by atoms with van der Waals surface area (Å²) in [5.74, 6) is 0. The molecule has 2 rings (SSSR count). The largest absolute Gasteiger partial charge is 0.444 e. The monoisotopic (exact) mass is 273 g/mol. The zero-order valence-electron chi connectivity index (χ0n) is 12.3. The van der Waals surface area contributed by atoms with Crippen molar-refractivity contribution in [3.05, 3.63) is 18.3 Å². The predicted octanol–water partition coefficient (Wildman–Crippen LogP) is 0.932. The maximum absolute atomic E-state index is 12.0. The highest BCUT2D eigenvalue weighted by Gasteiger charge is 2.25. The van der Waals surface area contributed by atoms with Gasteiger partial charge in [-0.1, -0.05) is 0 Å². The molecule has 6 heteroatoms. The number of anilines is 1. The van der Waals surface area contributed by atoms with Gasteiger partial charge in [-0.3, -0.25) is 4.98 Å². The molecular weight excluding hydrogens is 253 g/mol. The number of carbonyl (C=O) groups excluding carboxylic acids is 1. The zero-order chi connectivity index (χ0) is 14.8. The fourth-order valence-corrected chi connectivity index (χ4v) is 2.06. The van der Waals surface area contributed by atoms with Crippen LogP contribution < -0.4 is 10.5 Å². The number of hydrogen-bond donors (Lipinski definition) is 0. The van der Waals surface area contributed by atoms with Gasteiger partial charge in [-0.05, 0) is 38.5 Å². The van der Waals surface area contributed by atoms with Gasteiger partial charge in [0.25, 0.3) is 0 Å². The average Bonchev–Trinajstić information content (AvgIpc) is 2.38. The van der Waals surface area contributed by atoms with Gasteiger partial charge in [-0.25, -0.2) is 4.79 Å². The van der Waals surface area contributed by atoms with Crippen LogP contribution >= 0.6 is 0 Å². The second kappa shape index (κ2) is 5.73. The summed E-state index contributed by atoms with van der Waals surface area (Å²) in [5, 5.41) is 0. The Bertz CT molecular complexity index is 462. The van der Waals surface area contributed by atoms with Gasteiger partial charge in [-0.2, -0.15) is 0 Å². The highest BCUT2D eigenvalue weighted by atomic mass is 16.6. The lowest BCUT2D eigenvalue weighted by atomic mass is 10.0. The Morgan fingerprint density at radius 3 is 2.40 bits per heavy atom. The SMILES string of the molecule is [B]c1ccc(N2CCN(C(=O)OC(C)(C)C)CC2)cn1. The molecule has 0 aromatic carbocycles. The molecule has 5 nitrogen and oxygen atoms in total. The van der Waals surface area contributed by atoms with Crippen molar-refractivity contribution in [2.24, 2.45) is 0 Å². The molecular formula is C14H20BN3O2. The van der Waals surface area contributed by atoms with Crippen LogP contribution in [0, 0.1) is 0 Å². The molecule has 1 aromatic heterocycles. The lowest BCUT2D eigenvalue weighted by Gasteiger charge is -2.36. The van der Waals surface area contributed by atoms with E-state index in [1.54, 1.807) is 17.2 Å². The molecule has 1 aromatic rings. The van der Waals surface area contributed by atoms with E-state index in [0.717, 1.165) is 18.8 Å². The van der Waals surface area contributed by atoms with Crippen LogP contribution in [0.5, 0.6) is 0 Å². The van der Waals surface area contributed by atoms with Gasteiger partial charge in [-0.15, -0.1) is 0 Å². The minimum atomic E-state index is -0.449.